The molecule has 0 saturated heterocycles. The largest absolute Gasteiger partial charge is 0.471 e. The van der Waals surface area contributed by atoms with E-state index in [-0.39, 0.29) is 5.88 Å². The van der Waals surface area contributed by atoms with Crippen molar-refractivity contribution >= 4 is 11.6 Å². The quantitative estimate of drug-likeness (QED) is 0.604. The van der Waals surface area contributed by atoms with Crippen LogP contribution in [0.2, 0.25) is 5.15 Å². The first-order valence-electron chi connectivity index (χ1n) is 7.57. The number of alkyl halides is 4. The van der Waals surface area contributed by atoms with Crippen LogP contribution in [0.15, 0.2) is 30.6 Å². The Morgan fingerprint density at radius 3 is 2.69 bits per heavy atom. The summed E-state index contributed by atoms with van der Waals surface area (Å²) < 4.78 is 54.5. The van der Waals surface area contributed by atoms with Gasteiger partial charge in [0.15, 0.2) is 6.61 Å². The molecular weight excluding hydrogens is 378 g/mol. The van der Waals surface area contributed by atoms with Crippen molar-refractivity contribution in [3.05, 3.63) is 52.4 Å². The van der Waals surface area contributed by atoms with Crippen LogP contribution in [0, 0.1) is 0 Å². The Balaban J connectivity index is 1.61. The van der Waals surface area contributed by atoms with Gasteiger partial charge in [0.05, 0.1) is 0 Å². The van der Waals surface area contributed by atoms with Gasteiger partial charge in [0.2, 0.25) is 5.88 Å². The van der Waals surface area contributed by atoms with Crippen molar-refractivity contribution in [1.82, 2.24) is 14.9 Å². The topological polar surface area (TPSA) is 58.5 Å². The molecule has 0 bridgehead atoms. The molecular formula is C16H14ClF4N3O2. The molecule has 26 heavy (non-hydrogen) atoms. The number of hydrogen-bond donors (Lipinski definition) is 1. The molecule has 0 aromatic carbocycles. The van der Waals surface area contributed by atoms with E-state index in [9.17, 15) is 22.7 Å². The highest BCUT2D eigenvalue weighted by Gasteiger charge is 2.41. The second-order valence-electron chi connectivity index (χ2n) is 5.80. The van der Waals surface area contributed by atoms with E-state index in [1.807, 2.05) is 0 Å². The van der Waals surface area contributed by atoms with Gasteiger partial charge < -0.3 is 9.84 Å². The van der Waals surface area contributed by atoms with Crippen molar-refractivity contribution in [2.24, 2.45) is 0 Å². The number of aliphatic hydroxyl groups is 1. The minimum Gasteiger partial charge on any atom is -0.471 e. The van der Waals surface area contributed by atoms with E-state index in [0.717, 1.165) is 5.56 Å². The van der Waals surface area contributed by atoms with Gasteiger partial charge in [-0.25, -0.2) is 18.7 Å². The van der Waals surface area contributed by atoms with E-state index in [0.29, 0.717) is 29.4 Å². The Kier molecular flexibility index (Phi) is 5.31. The van der Waals surface area contributed by atoms with Crippen LogP contribution in [-0.2, 0) is 13.1 Å². The molecule has 0 fully saturated rings. The summed E-state index contributed by atoms with van der Waals surface area (Å²) in [7, 11) is 0. The van der Waals surface area contributed by atoms with Crippen LogP contribution in [0.5, 0.6) is 5.88 Å². The summed E-state index contributed by atoms with van der Waals surface area (Å²) in [5, 5.41) is 10.7. The summed E-state index contributed by atoms with van der Waals surface area (Å²) in [6.07, 6.45) is -1.78. The lowest BCUT2D eigenvalue weighted by Gasteiger charge is -2.20. The van der Waals surface area contributed by atoms with E-state index in [2.05, 4.69) is 14.7 Å². The van der Waals surface area contributed by atoms with Crippen molar-refractivity contribution in [2.75, 3.05) is 6.61 Å². The number of halogens is 5. The minimum absolute atomic E-state index is 0.188. The third kappa shape index (κ3) is 3.89. The highest BCUT2D eigenvalue weighted by molar-refractivity contribution is 6.30. The minimum atomic E-state index is -4.24. The van der Waals surface area contributed by atoms with Crippen LogP contribution in [0.1, 0.15) is 22.9 Å². The van der Waals surface area contributed by atoms with Crippen molar-refractivity contribution in [3.63, 3.8) is 0 Å². The molecule has 1 atom stereocenters. The number of rotatable bonds is 6. The Bertz CT molecular complexity index is 777. The molecule has 1 N–H and O–H groups in total. The summed E-state index contributed by atoms with van der Waals surface area (Å²) in [6, 6.07) is 4.55. The molecule has 3 heterocycles. The molecule has 0 radical (unpaired) electrons. The van der Waals surface area contributed by atoms with Crippen molar-refractivity contribution < 1.29 is 27.4 Å². The molecule has 3 rings (SSSR count). The zero-order valence-corrected chi connectivity index (χ0v) is 14.0. The number of ether oxygens (including phenoxy) is 1. The van der Waals surface area contributed by atoms with E-state index >= 15 is 0 Å². The van der Waals surface area contributed by atoms with Gasteiger partial charge in [-0.15, -0.1) is 0 Å². The van der Waals surface area contributed by atoms with Gasteiger partial charge in [-0.1, -0.05) is 17.7 Å². The first kappa shape index (κ1) is 18.8. The normalized spacial score (nSPS) is 17.6. The summed E-state index contributed by atoms with van der Waals surface area (Å²) >= 11 is 6.03. The first-order chi connectivity index (χ1) is 12.3. The molecule has 1 unspecified atom stereocenters. The van der Waals surface area contributed by atoms with Gasteiger partial charge in [0.1, 0.15) is 11.4 Å². The van der Waals surface area contributed by atoms with Gasteiger partial charge in [-0.05, 0) is 11.6 Å². The number of nitrogens with zero attached hydrogens (tertiary/aromatic N) is 3. The first-order valence-corrected chi connectivity index (χ1v) is 7.95. The summed E-state index contributed by atoms with van der Waals surface area (Å²) in [6.45, 7) is -0.753. The fourth-order valence-electron chi connectivity index (χ4n) is 2.57. The van der Waals surface area contributed by atoms with Gasteiger partial charge in [-0.3, -0.25) is 4.90 Å². The third-order valence-corrected chi connectivity index (χ3v) is 4.27. The summed E-state index contributed by atoms with van der Waals surface area (Å²) in [5.74, 6) is -4.43. The lowest BCUT2D eigenvalue weighted by Crippen LogP contribution is -2.33. The SMILES string of the molecule is OC1c2ccnc(Cl)c2CN1Cc1ccc(OCC(F)(F)C(F)F)nc1. The molecule has 1 aliphatic rings. The van der Waals surface area contributed by atoms with E-state index in [4.69, 9.17) is 11.6 Å². The highest BCUT2D eigenvalue weighted by atomic mass is 35.5. The van der Waals surface area contributed by atoms with E-state index < -0.39 is 25.2 Å². The van der Waals surface area contributed by atoms with E-state index in [1.165, 1.54) is 18.5 Å². The Hall–Kier alpha value is -1.97. The molecule has 10 heteroatoms. The number of aliphatic hydroxyl groups excluding tert-OH is 1. The van der Waals surface area contributed by atoms with Crippen molar-refractivity contribution in [2.45, 2.75) is 31.7 Å². The number of hydrogen-bond acceptors (Lipinski definition) is 5. The maximum Gasteiger partial charge on any atom is 0.340 e. The zero-order chi connectivity index (χ0) is 18.9. The van der Waals surface area contributed by atoms with Crippen LogP contribution in [0.25, 0.3) is 0 Å². The van der Waals surface area contributed by atoms with Crippen LogP contribution in [0.3, 0.4) is 0 Å². The van der Waals surface area contributed by atoms with Gasteiger partial charge in [0.25, 0.3) is 0 Å². The second kappa shape index (κ2) is 7.34. The van der Waals surface area contributed by atoms with Gasteiger partial charge in [0, 0.05) is 42.7 Å². The van der Waals surface area contributed by atoms with Crippen LogP contribution < -0.4 is 4.74 Å². The fourth-order valence-corrected chi connectivity index (χ4v) is 2.79. The van der Waals surface area contributed by atoms with Gasteiger partial charge in [-0.2, -0.15) is 8.78 Å². The average molecular weight is 392 g/mol. The van der Waals surface area contributed by atoms with Crippen LogP contribution in [-0.4, -0.2) is 38.9 Å². The molecule has 0 saturated carbocycles. The Morgan fingerprint density at radius 2 is 2.08 bits per heavy atom. The lowest BCUT2D eigenvalue weighted by atomic mass is 10.2. The summed E-state index contributed by atoms with van der Waals surface area (Å²) in [4.78, 5) is 9.53. The second-order valence-corrected chi connectivity index (χ2v) is 6.16. The third-order valence-electron chi connectivity index (χ3n) is 3.94. The molecule has 1 aliphatic heterocycles. The summed E-state index contributed by atoms with van der Waals surface area (Å²) in [5.41, 5.74) is 2.09. The molecule has 140 valence electrons. The molecule has 0 spiro atoms. The zero-order valence-electron chi connectivity index (χ0n) is 13.2. The van der Waals surface area contributed by atoms with Crippen molar-refractivity contribution in [3.8, 4) is 5.88 Å². The number of pyridine rings is 2. The molecule has 0 amide bonds. The molecule has 5 nitrogen and oxygen atoms in total. The van der Waals surface area contributed by atoms with Crippen molar-refractivity contribution in [1.29, 1.82) is 0 Å². The Labute approximate surface area is 151 Å². The Morgan fingerprint density at radius 1 is 1.31 bits per heavy atom. The van der Waals surface area contributed by atoms with E-state index in [1.54, 1.807) is 17.0 Å². The highest BCUT2D eigenvalue weighted by Crippen LogP contribution is 2.35. The standard InChI is InChI=1S/C16H14ClF4N3O2/c17-13-11-7-24(14(25)10(11)3-4-22-13)6-9-1-2-12(23-5-9)26-8-16(20,21)15(18)19/h1-5,14-15,25H,6-8H2. The number of aromatic nitrogens is 2. The maximum atomic E-state index is 12.8. The number of fused-ring (bicyclic) bond motifs is 1. The predicted molar refractivity (Wildman–Crippen MR) is 84.1 cm³/mol. The lowest BCUT2D eigenvalue weighted by molar-refractivity contribution is -0.148. The fraction of sp³-hybridized carbons (Fsp3) is 0.375. The molecule has 0 aliphatic carbocycles. The molecule has 2 aromatic heterocycles. The van der Waals surface area contributed by atoms with Crippen LogP contribution >= 0.6 is 11.6 Å². The van der Waals surface area contributed by atoms with Gasteiger partial charge >= 0.3 is 12.3 Å². The average Bonchev–Trinajstić information content (AvgIpc) is 2.92. The van der Waals surface area contributed by atoms with Crippen LogP contribution in [0.4, 0.5) is 17.6 Å². The predicted octanol–water partition coefficient (Wildman–Crippen LogP) is 3.42. The maximum absolute atomic E-state index is 12.8. The molecule has 2 aromatic rings. The smallest absolute Gasteiger partial charge is 0.340 e. The monoisotopic (exact) mass is 391 g/mol.